The van der Waals surface area contributed by atoms with Gasteiger partial charge >= 0.3 is 0 Å². The van der Waals surface area contributed by atoms with Crippen LogP contribution in [-0.4, -0.2) is 63.0 Å². The van der Waals surface area contributed by atoms with Crippen molar-refractivity contribution in [1.82, 2.24) is 4.90 Å². The van der Waals surface area contributed by atoms with Crippen LogP contribution in [0.3, 0.4) is 0 Å². The van der Waals surface area contributed by atoms with Crippen molar-refractivity contribution in [3.8, 4) is 0 Å². The molecule has 35 heavy (non-hydrogen) atoms. The lowest BCUT2D eigenvalue weighted by Crippen LogP contribution is -2.37. The summed E-state index contributed by atoms with van der Waals surface area (Å²) in [5.74, 6) is 1.39. The Bertz CT molecular complexity index is 995. The number of nitrogens with one attached hydrogen (secondary N) is 1. The van der Waals surface area contributed by atoms with E-state index in [1.54, 1.807) is 13.2 Å². The molecule has 7 heteroatoms. The molecular formula is C28H39N5O2. The molecule has 0 unspecified atom stereocenters. The molecule has 1 saturated carbocycles. The molecule has 188 valence electrons. The van der Waals surface area contributed by atoms with Gasteiger partial charge in [-0.25, -0.2) is 0 Å². The third-order valence-electron chi connectivity index (χ3n) is 7.94. The maximum absolute atomic E-state index is 12.9. The summed E-state index contributed by atoms with van der Waals surface area (Å²) in [6.45, 7) is 13.2. The van der Waals surface area contributed by atoms with Crippen LogP contribution in [0.25, 0.3) is 4.85 Å². The van der Waals surface area contributed by atoms with Crippen LogP contribution < -0.4 is 10.2 Å². The van der Waals surface area contributed by atoms with Crippen LogP contribution in [0, 0.1) is 12.5 Å². The van der Waals surface area contributed by atoms with Gasteiger partial charge in [-0.15, -0.1) is 4.99 Å². The van der Waals surface area contributed by atoms with Gasteiger partial charge in [0.2, 0.25) is 0 Å². The van der Waals surface area contributed by atoms with E-state index in [1.807, 2.05) is 0 Å². The Labute approximate surface area is 210 Å². The topological polar surface area (TPSA) is 61.5 Å². The maximum Gasteiger partial charge on any atom is 0.294 e. The lowest BCUT2D eigenvalue weighted by molar-refractivity contribution is -0.110. The van der Waals surface area contributed by atoms with E-state index < -0.39 is 0 Å². The van der Waals surface area contributed by atoms with Gasteiger partial charge in [0.05, 0.1) is 18.0 Å². The summed E-state index contributed by atoms with van der Waals surface area (Å²) in [5.41, 5.74) is 3.76. The summed E-state index contributed by atoms with van der Waals surface area (Å²) in [6.07, 6.45) is 9.24. The lowest BCUT2D eigenvalue weighted by Gasteiger charge is -2.36. The van der Waals surface area contributed by atoms with Crippen molar-refractivity contribution in [3.63, 3.8) is 0 Å². The highest BCUT2D eigenvalue weighted by Gasteiger charge is 2.28. The molecule has 1 saturated heterocycles. The molecule has 7 nitrogen and oxygen atoms in total. The number of likely N-dealkylation sites (N-methyl/N-ethyl adjacent to an activating group) is 1. The number of anilines is 2. The van der Waals surface area contributed by atoms with Crippen molar-refractivity contribution in [2.24, 2.45) is 10.9 Å². The highest BCUT2D eigenvalue weighted by Crippen LogP contribution is 2.39. The Balaban J connectivity index is 1.48. The highest BCUT2D eigenvalue weighted by molar-refractivity contribution is 6.44. The van der Waals surface area contributed by atoms with Crippen LogP contribution in [0.15, 0.2) is 35.1 Å². The van der Waals surface area contributed by atoms with E-state index in [2.05, 4.69) is 57.1 Å². The number of carbonyl (C=O) groups excluding carboxylic acids is 1. The number of carbonyl (C=O) groups is 1. The van der Waals surface area contributed by atoms with Crippen molar-refractivity contribution in [2.75, 3.05) is 50.6 Å². The fourth-order valence-corrected chi connectivity index (χ4v) is 5.51. The molecule has 2 aliphatic heterocycles. The molecule has 0 atom stereocenters. The van der Waals surface area contributed by atoms with Gasteiger partial charge in [-0.05, 0) is 75.1 Å². The molecule has 0 radical (unpaired) electrons. The SMILES string of the molecule is [C-]#[N+]C1=CCC(C(=O)Nc2ccc(C3CCC(N(C)CCOC)CC3)cc2N2CCC(C)CC2)=N1. The quantitative estimate of drug-likeness (QED) is 0.531. The number of hydrogen-bond donors (Lipinski definition) is 1. The van der Waals surface area contributed by atoms with Crippen LogP contribution >= 0.6 is 0 Å². The van der Waals surface area contributed by atoms with E-state index in [0.717, 1.165) is 43.5 Å². The second kappa shape index (κ2) is 11.8. The standard InChI is InChI=1S/C28H39N5O2/c1-20-13-15-33(16-14-20)26-19-22(21-5-8-23(9-6-21)32(3)17-18-35-4)7-10-24(26)31-28(34)25-11-12-27(29-2)30-25/h7,10,12,19-21,23H,5-6,8-9,11,13-18H2,1,3-4H3,(H,31,34). The van der Waals surface area contributed by atoms with Crippen LogP contribution in [0.5, 0.6) is 0 Å². The first-order valence-electron chi connectivity index (χ1n) is 13.0. The molecule has 3 aliphatic rings. The van der Waals surface area contributed by atoms with Gasteiger partial charge in [0, 0.05) is 39.2 Å². The van der Waals surface area contributed by atoms with E-state index in [9.17, 15) is 4.79 Å². The van der Waals surface area contributed by atoms with E-state index in [0.29, 0.717) is 29.9 Å². The fourth-order valence-electron chi connectivity index (χ4n) is 5.51. The predicted octanol–water partition coefficient (Wildman–Crippen LogP) is 5.07. The van der Waals surface area contributed by atoms with Crippen LogP contribution in [-0.2, 0) is 9.53 Å². The average molecular weight is 478 g/mol. The number of methoxy groups -OCH3 is 1. The number of amides is 1. The second-order valence-corrected chi connectivity index (χ2v) is 10.3. The lowest BCUT2D eigenvalue weighted by atomic mass is 9.81. The van der Waals surface area contributed by atoms with Crippen molar-refractivity contribution < 1.29 is 9.53 Å². The summed E-state index contributed by atoms with van der Waals surface area (Å²) >= 11 is 0. The molecule has 1 aromatic carbocycles. The molecule has 2 fully saturated rings. The van der Waals surface area contributed by atoms with Crippen molar-refractivity contribution >= 4 is 23.0 Å². The molecular weight excluding hydrogens is 438 g/mol. The summed E-state index contributed by atoms with van der Waals surface area (Å²) in [4.78, 5) is 25.3. The minimum absolute atomic E-state index is 0.209. The molecule has 1 N–H and O–H groups in total. The van der Waals surface area contributed by atoms with E-state index in [-0.39, 0.29) is 5.91 Å². The maximum atomic E-state index is 12.9. The number of aliphatic imine (C=N–C) groups is 1. The number of allylic oxidation sites excluding steroid dienone is 1. The first kappa shape index (κ1) is 25.4. The van der Waals surface area contributed by atoms with Crippen molar-refractivity contribution in [2.45, 2.75) is 63.8 Å². The minimum atomic E-state index is -0.209. The summed E-state index contributed by atoms with van der Waals surface area (Å²) in [6, 6.07) is 7.23. The van der Waals surface area contributed by atoms with Gasteiger partial charge in [-0.2, -0.15) is 0 Å². The molecule has 1 amide bonds. The molecule has 0 aromatic heterocycles. The van der Waals surface area contributed by atoms with Gasteiger partial charge in [-0.3, -0.25) is 4.79 Å². The van der Waals surface area contributed by atoms with Gasteiger partial charge in [0.15, 0.2) is 5.71 Å². The first-order chi connectivity index (χ1) is 17.0. The number of nitrogens with zero attached hydrogens (tertiary/aromatic N) is 4. The van der Waals surface area contributed by atoms with E-state index in [4.69, 9.17) is 11.3 Å². The van der Waals surface area contributed by atoms with E-state index in [1.165, 1.54) is 44.1 Å². The van der Waals surface area contributed by atoms with Crippen molar-refractivity contribution in [1.29, 1.82) is 0 Å². The number of piperidine rings is 1. The molecule has 1 aliphatic carbocycles. The largest absolute Gasteiger partial charge is 0.383 e. The Morgan fingerprint density at radius 2 is 1.97 bits per heavy atom. The third kappa shape index (κ3) is 6.31. The molecule has 4 rings (SSSR count). The molecule has 0 spiro atoms. The number of benzene rings is 1. The number of rotatable bonds is 8. The fraction of sp³-hybridized carbons (Fsp3) is 0.607. The Kier molecular flexibility index (Phi) is 8.59. The smallest absolute Gasteiger partial charge is 0.294 e. The zero-order valence-corrected chi connectivity index (χ0v) is 21.4. The zero-order valence-electron chi connectivity index (χ0n) is 21.4. The third-order valence-corrected chi connectivity index (χ3v) is 7.94. The van der Waals surface area contributed by atoms with Gasteiger partial charge in [0.1, 0.15) is 0 Å². The van der Waals surface area contributed by atoms with Crippen LogP contribution in [0.4, 0.5) is 11.4 Å². The summed E-state index contributed by atoms with van der Waals surface area (Å²) in [5, 5.41) is 3.11. The monoisotopic (exact) mass is 477 g/mol. The Morgan fingerprint density at radius 3 is 2.63 bits per heavy atom. The number of ether oxygens (including phenoxy) is 1. The summed E-state index contributed by atoms with van der Waals surface area (Å²) < 4.78 is 5.25. The Morgan fingerprint density at radius 1 is 1.23 bits per heavy atom. The normalized spacial score (nSPS) is 23.1. The van der Waals surface area contributed by atoms with Crippen LogP contribution in [0.2, 0.25) is 0 Å². The van der Waals surface area contributed by atoms with Crippen molar-refractivity contribution in [3.05, 3.63) is 47.1 Å². The molecule has 1 aromatic rings. The summed E-state index contributed by atoms with van der Waals surface area (Å²) in [7, 11) is 3.97. The average Bonchev–Trinajstić information content (AvgIpc) is 3.38. The number of hydrogen-bond acceptors (Lipinski definition) is 5. The molecule has 0 bridgehead atoms. The Hall–Kier alpha value is -2.69. The predicted molar refractivity (Wildman–Crippen MR) is 142 cm³/mol. The highest BCUT2D eigenvalue weighted by atomic mass is 16.5. The molecule has 2 heterocycles. The van der Waals surface area contributed by atoms with Crippen LogP contribution in [0.1, 0.15) is 63.4 Å². The van der Waals surface area contributed by atoms with E-state index >= 15 is 0 Å². The van der Waals surface area contributed by atoms with Gasteiger partial charge < -0.3 is 24.7 Å². The van der Waals surface area contributed by atoms with Gasteiger partial charge in [0.25, 0.3) is 11.7 Å². The first-order valence-corrected chi connectivity index (χ1v) is 13.0. The minimum Gasteiger partial charge on any atom is -0.383 e. The zero-order chi connectivity index (χ0) is 24.8. The second-order valence-electron chi connectivity index (χ2n) is 10.3. The van der Waals surface area contributed by atoms with Gasteiger partial charge in [-0.1, -0.05) is 25.6 Å².